The van der Waals surface area contributed by atoms with Gasteiger partial charge >= 0.3 is 11.6 Å². The van der Waals surface area contributed by atoms with E-state index in [2.05, 4.69) is 9.97 Å². The molecule has 0 fully saturated rings. The molecule has 2 aromatic heterocycles. The van der Waals surface area contributed by atoms with Crippen LogP contribution in [-0.2, 0) is 0 Å². The lowest BCUT2D eigenvalue weighted by Crippen LogP contribution is -2.03. The van der Waals surface area contributed by atoms with Gasteiger partial charge in [-0.1, -0.05) is 0 Å². The predicted octanol–water partition coefficient (Wildman–Crippen LogP) is 2.74. The van der Waals surface area contributed by atoms with Crippen LogP contribution in [0.2, 0.25) is 0 Å². The van der Waals surface area contributed by atoms with Gasteiger partial charge in [-0.2, -0.15) is 0 Å². The zero-order valence-electron chi connectivity index (χ0n) is 12.1. The molecule has 0 unspecified atom stereocenters. The Kier molecular flexibility index (Phi) is 2.89. The summed E-state index contributed by atoms with van der Waals surface area (Å²) in [6.45, 7) is 0. The summed E-state index contributed by atoms with van der Waals surface area (Å²) >= 11 is 0. The van der Waals surface area contributed by atoms with Crippen LogP contribution >= 0.6 is 0 Å². The average Bonchev–Trinajstić information content (AvgIpc) is 2.96. The number of hydrogen-bond acceptors (Lipinski definition) is 5. The van der Waals surface area contributed by atoms with Gasteiger partial charge in [0.2, 0.25) is 0 Å². The van der Waals surface area contributed by atoms with Gasteiger partial charge in [0.1, 0.15) is 22.7 Å². The fraction of sp³-hybridized carbons (Fsp3) is 0. The van der Waals surface area contributed by atoms with Crippen molar-refractivity contribution in [2.75, 3.05) is 0 Å². The number of imidazole rings is 1. The second-order valence-corrected chi connectivity index (χ2v) is 5.29. The fourth-order valence-electron chi connectivity index (χ4n) is 2.54. The molecule has 2 heterocycles. The van der Waals surface area contributed by atoms with Crippen LogP contribution in [0, 0.1) is 0 Å². The van der Waals surface area contributed by atoms with Crippen molar-refractivity contribution in [2.45, 2.75) is 0 Å². The summed E-state index contributed by atoms with van der Waals surface area (Å²) in [6.07, 6.45) is 0. The van der Waals surface area contributed by atoms with Gasteiger partial charge in [-0.15, -0.1) is 0 Å². The van der Waals surface area contributed by atoms with E-state index in [1.807, 2.05) is 0 Å². The number of nitrogens with zero attached hydrogens (tertiary/aromatic N) is 1. The molecule has 0 amide bonds. The summed E-state index contributed by atoms with van der Waals surface area (Å²) < 4.78 is 5.22. The second kappa shape index (κ2) is 4.95. The lowest BCUT2D eigenvalue weighted by Gasteiger charge is -2.00. The van der Waals surface area contributed by atoms with Crippen LogP contribution in [0.15, 0.2) is 51.7 Å². The van der Waals surface area contributed by atoms with Gasteiger partial charge in [0.05, 0.1) is 16.6 Å². The first-order chi connectivity index (χ1) is 11.5. The van der Waals surface area contributed by atoms with Crippen molar-refractivity contribution in [1.82, 2.24) is 9.97 Å². The Bertz CT molecular complexity index is 1170. The van der Waals surface area contributed by atoms with E-state index < -0.39 is 11.6 Å². The monoisotopic (exact) mass is 322 g/mol. The summed E-state index contributed by atoms with van der Waals surface area (Å²) in [5.74, 6) is -0.752. The maximum atomic E-state index is 12.2. The van der Waals surface area contributed by atoms with E-state index in [0.717, 1.165) is 0 Å². The van der Waals surface area contributed by atoms with Crippen molar-refractivity contribution in [3.63, 3.8) is 0 Å². The number of fused-ring (bicyclic) bond motifs is 2. The molecule has 0 bridgehead atoms. The van der Waals surface area contributed by atoms with Gasteiger partial charge in [-0.25, -0.2) is 14.6 Å². The normalized spacial score (nSPS) is 11.2. The molecule has 3 N–H and O–H groups in total. The molecule has 0 atom stereocenters. The van der Waals surface area contributed by atoms with E-state index in [-0.39, 0.29) is 28.3 Å². The summed E-state index contributed by atoms with van der Waals surface area (Å²) in [5, 5.41) is 19.1. The number of H-pyrrole nitrogens is 1. The minimum absolute atomic E-state index is 0.00309. The van der Waals surface area contributed by atoms with E-state index in [1.165, 1.54) is 24.3 Å². The topological polar surface area (TPSA) is 116 Å². The highest BCUT2D eigenvalue weighted by molar-refractivity contribution is 5.93. The van der Waals surface area contributed by atoms with Crippen LogP contribution < -0.4 is 5.63 Å². The Balaban J connectivity index is 1.92. The van der Waals surface area contributed by atoms with Gasteiger partial charge in [-0.3, -0.25) is 0 Å². The number of aromatic carboxylic acids is 1. The fourth-order valence-corrected chi connectivity index (χ4v) is 2.54. The second-order valence-electron chi connectivity index (χ2n) is 5.29. The van der Waals surface area contributed by atoms with E-state index in [1.54, 1.807) is 18.2 Å². The molecule has 7 heteroatoms. The lowest BCUT2D eigenvalue weighted by molar-refractivity contribution is 0.0697. The van der Waals surface area contributed by atoms with E-state index in [4.69, 9.17) is 9.52 Å². The Labute approximate surface area is 133 Å². The molecule has 0 saturated heterocycles. The molecule has 118 valence electrons. The van der Waals surface area contributed by atoms with Gasteiger partial charge in [0.25, 0.3) is 0 Å². The number of carbonyl (C=O) groups is 1. The molecule has 0 aliphatic rings. The summed E-state index contributed by atoms with van der Waals surface area (Å²) in [5.41, 5.74) is 1.06. The number of phenolic OH excluding ortho intramolecular Hbond substituents is 1. The zero-order chi connectivity index (χ0) is 16.8. The number of benzene rings is 2. The first-order valence-corrected chi connectivity index (χ1v) is 7.01. The van der Waals surface area contributed by atoms with Crippen molar-refractivity contribution in [3.05, 3.63) is 58.4 Å². The first-order valence-electron chi connectivity index (χ1n) is 7.01. The molecule has 7 nitrogen and oxygen atoms in total. The average molecular weight is 322 g/mol. The first kappa shape index (κ1) is 14.0. The third kappa shape index (κ3) is 2.19. The van der Waals surface area contributed by atoms with Crippen LogP contribution in [0.3, 0.4) is 0 Å². The van der Waals surface area contributed by atoms with Crippen LogP contribution in [0.4, 0.5) is 0 Å². The predicted molar refractivity (Wildman–Crippen MR) is 86.2 cm³/mol. The third-order valence-corrected chi connectivity index (χ3v) is 3.70. The molecule has 4 aromatic rings. The molecule has 0 saturated carbocycles. The smallest absolute Gasteiger partial charge is 0.347 e. The minimum Gasteiger partial charge on any atom is -0.508 e. The lowest BCUT2D eigenvalue weighted by atomic mass is 10.2. The number of rotatable bonds is 2. The van der Waals surface area contributed by atoms with Gasteiger partial charge < -0.3 is 19.6 Å². The van der Waals surface area contributed by atoms with Gasteiger partial charge in [0.15, 0.2) is 0 Å². The Morgan fingerprint density at radius 3 is 2.75 bits per heavy atom. The highest BCUT2D eigenvalue weighted by atomic mass is 16.4. The van der Waals surface area contributed by atoms with Crippen molar-refractivity contribution in [2.24, 2.45) is 0 Å². The molecular weight excluding hydrogens is 312 g/mol. The maximum Gasteiger partial charge on any atom is 0.347 e. The van der Waals surface area contributed by atoms with Crippen molar-refractivity contribution >= 4 is 28.0 Å². The molecule has 24 heavy (non-hydrogen) atoms. The largest absolute Gasteiger partial charge is 0.508 e. The van der Waals surface area contributed by atoms with Crippen molar-refractivity contribution in [1.29, 1.82) is 0 Å². The molecule has 0 aliphatic heterocycles. The minimum atomic E-state index is -1.04. The van der Waals surface area contributed by atoms with Crippen LogP contribution in [0.5, 0.6) is 5.75 Å². The highest BCUT2D eigenvalue weighted by Gasteiger charge is 2.13. The molecular formula is C17H10N2O5. The Hall–Kier alpha value is -3.61. The highest BCUT2D eigenvalue weighted by Crippen LogP contribution is 2.24. The van der Waals surface area contributed by atoms with Crippen LogP contribution in [-0.4, -0.2) is 26.2 Å². The Morgan fingerprint density at radius 1 is 1.12 bits per heavy atom. The van der Waals surface area contributed by atoms with Gasteiger partial charge in [0, 0.05) is 11.5 Å². The van der Waals surface area contributed by atoms with Crippen LogP contribution in [0.1, 0.15) is 10.4 Å². The van der Waals surface area contributed by atoms with Crippen molar-refractivity contribution < 1.29 is 19.4 Å². The molecule has 2 aromatic carbocycles. The molecule has 0 spiro atoms. The molecule has 4 rings (SSSR count). The summed E-state index contributed by atoms with van der Waals surface area (Å²) in [7, 11) is 0. The Morgan fingerprint density at radius 2 is 1.96 bits per heavy atom. The maximum absolute atomic E-state index is 12.2. The SMILES string of the molecule is O=C(O)c1ccc2nc(-c3cc4ccc(O)cc4oc3=O)[nH]c2c1. The number of aromatic nitrogens is 2. The number of hydrogen-bond donors (Lipinski definition) is 3. The summed E-state index contributed by atoms with van der Waals surface area (Å²) in [4.78, 5) is 30.5. The van der Waals surface area contributed by atoms with E-state index >= 15 is 0 Å². The number of aromatic hydroxyl groups is 1. The number of phenols is 1. The quantitative estimate of drug-likeness (QED) is 0.489. The van der Waals surface area contributed by atoms with Crippen LogP contribution in [0.25, 0.3) is 33.4 Å². The number of carboxylic acids is 1. The van der Waals surface area contributed by atoms with Gasteiger partial charge in [-0.05, 0) is 36.4 Å². The number of aromatic amines is 1. The number of carboxylic acid groups (broad SMARTS) is 1. The van der Waals surface area contributed by atoms with E-state index in [0.29, 0.717) is 16.4 Å². The third-order valence-electron chi connectivity index (χ3n) is 3.70. The molecule has 0 radical (unpaired) electrons. The van der Waals surface area contributed by atoms with E-state index in [9.17, 15) is 14.7 Å². The molecule has 0 aliphatic carbocycles. The standard InChI is InChI=1S/C17H10N2O5/c20-10-3-1-8-5-11(17(23)24-14(8)7-10)15-18-12-4-2-9(16(21)22)6-13(12)19-15/h1-7,20H,(H,18,19)(H,21,22). The number of nitrogens with one attached hydrogen (secondary N) is 1. The zero-order valence-corrected chi connectivity index (χ0v) is 12.1. The summed E-state index contributed by atoms with van der Waals surface area (Å²) in [6, 6.07) is 10.6. The van der Waals surface area contributed by atoms with Crippen molar-refractivity contribution in [3.8, 4) is 17.1 Å².